The molecule has 6 nitrogen and oxygen atoms in total. The quantitative estimate of drug-likeness (QED) is 0.783. The number of ether oxygens (including phenoxy) is 1. The summed E-state index contributed by atoms with van der Waals surface area (Å²) in [5.41, 5.74) is 7.83. The summed E-state index contributed by atoms with van der Waals surface area (Å²) in [4.78, 5) is 12.0. The van der Waals surface area contributed by atoms with E-state index in [4.69, 9.17) is 10.5 Å². The van der Waals surface area contributed by atoms with Gasteiger partial charge in [0.1, 0.15) is 11.4 Å². The lowest BCUT2D eigenvalue weighted by atomic mass is 10.2. The maximum absolute atomic E-state index is 12.0. The van der Waals surface area contributed by atoms with Crippen molar-refractivity contribution in [3.63, 3.8) is 0 Å². The second-order valence-corrected chi connectivity index (χ2v) is 4.06. The SMILES string of the molecule is CCOc1ccc(NC(=O)c2[nH]ncc2N)c(C)c1. The molecule has 0 unspecified atom stereocenters. The van der Waals surface area contributed by atoms with Crippen LogP contribution in [0.4, 0.5) is 11.4 Å². The number of nitrogens with two attached hydrogens (primary N) is 1. The molecule has 0 radical (unpaired) electrons. The first kappa shape index (κ1) is 12.9. The number of nitrogen functional groups attached to an aromatic ring is 1. The summed E-state index contributed by atoms with van der Waals surface area (Å²) in [7, 11) is 0. The standard InChI is InChI=1S/C13H16N4O2/c1-3-19-9-4-5-11(8(2)6-9)16-13(18)12-10(14)7-15-17-12/h4-7H,3,14H2,1-2H3,(H,15,17)(H,16,18). The fourth-order valence-electron chi connectivity index (χ4n) is 1.70. The van der Waals surface area contributed by atoms with Crippen LogP contribution >= 0.6 is 0 Å². The first-order valence-corrected chi connectivity index (χ1v) is 5.95. The van der Waals surface area contributed by atoms with Crippen LogP contribution in [0.5, 0.6) is 5.75 Å². The molecule has 0 atom stereocenters. The van der Waals surface area contributed by atoms with Crippen molar-refractivity contribution in [3.8, 4) is 5.75 Å². The van der Waals surface area contributed by atoms with Crippen molar-refractivity contribution in [2.45, 2.75) is 13.8 Å². The highest BCUT2D eigenvalue weighted by Crippen LogP contribution is 2.22. The number of nitrogens with zero attached hydrogens (tertiary/aromatic N) is 1. The topological polar surface area (TPSA) is 93.0 Å². The van der Waals surface area contributed by atoms with E-state index in [-0.39, 0.29) is 11.6 Å². The third-order valence-electron chi connectivity index (χ3n) is 2.65. The summed E-state index contributed by atoms with van der Waals surface area (Å²) in [6.45, 7) is 4.43. The molecule has 0 fully saturated rings. The van der Waals surface area contributed by atoms with Crippen LogP contribution in [0.2, 0.25) is 0 Å². The van der Waals surface area contributed by atoms with Crippen molar-refractivity contribution in [2.24, 2.45) is 0 Å². The van der Waals surface area contributed by atoms with Crippen LogP contribution < -0.4 is 15.8 Å². The Kier molecular flexibility index (Phi) is 3.70. The van der Waals surface area contributed by atoms with Crippen molar-refractivity contribution < 1.29 is 9.53 Å². The molecular weight excluding hydrogens is 244 g/mol. The molecule has 0 aliphatic rings. The first-order chi connectivity index (χ1) is 9.11. The Hall–Kier alpha value is -2.50. The van der Waals surface area contributed by atoms with E-state index in [0.717, 1.165) is 11.3 Å². The molecule has 0 bridgehead atoms. The summed E-state index contributed by atoms with van der Waals surface area (Å²) in [5, 5.41) is 9.06. The van der Waals surface area contributed by atoms with Gasteiger partial charge in [0.15, 0.2) is 0 Å². The molecule has 0 saturated carbocycles. The molecule has 1 aromatic carbocycles. The van der Waals surface area contributed by atoms with E-state index < -0.39 is 0 Å². The van der Waals surface area contributed by atoms with Crippen LogP contribution in [-0.4, -0.2) is 22.7 Å². The number of carbonyl (C=O) groups excluding carboxylic acids is 1. The van der Waals surface area contributed by atoms with Gasteiger partial charge in [-0.3, -0.25) is 9.89 Å². The van der Waals surface area contributed by atoms with Crippen LogP contribution in [-0.2, 0) is 0 Å². The molecule has 0 spiro atoms. The molecule has 100 valence electrons. The van der Waals surface area contributed by atoms with Gasteiger partial charge < -0.3 is 15.8 Å². The highest BCUT2D eigenvalue weighted by molar-refractivity contribution is 6.06. The number of aryl methyl sites for hydroxylation is 1. The average molecular weight is 260 g/mol. The highest BCUT2D eigenvalue weighted by atomic mass is 16.5. The number of amides is 1. The van der Waals surface area contributed by atoms with Crippen molar-refractivity contribution in [3.05, 3.63) is 35.7 Å². The summed E-state index contributed by atoms with van der Waals surface area (Å²) in [6.07, 6.45) is 1.40. The monoisotopic (exact) mass is 260 g/mol. The third-order valence-corrected chi connectivity index (χ3v) is 2.65. The summed E-state index contributed by atoms with van der Waals surface area (Å²) in [5.74, 6) is 0.460. The molecule has 0 aliphatic heterocycles. The summed E-state index contributed by atoms with van der Waals surface area (Å²) < 4.78 is 5.39. The number of carbonyl (C=O) groups is 1. The van der Waals surface area contributed by atoms with Crippen LogP contribution in [0.3, 0.4) is 0 Å². The Bertz CT molecular complexity index is 592. The fourth-order valence-corrected chi connectivity index (χ4v) is 1.70. The maximum Gasteiger partial charge on any atom is 0.275 e. The normalized spacial score (nSPS) is 10.2. The van der Waals surface area contributed by atoms with Crippen molar-refractivity contribution in [1.29, 1.82) is 0 Å². The second-order valence-electron chi connectivity index (χ2n) is 4.06. The smallest absolute Gasteiger partial charge is 0.275 e. The van der Waals surface area contributed by atoms with Crippen molar-refractivity contribution in [1.82, 2.24) is 10.2 Å². The molecule has 6 heteroatoms. The lowest BCUT2D eigenvalue weighted by Gasteiger charge is -2.10. The van der Waals surface area contributed by atoms with Gasteiger partial charge in [-0.15, -0.1) is 0 Å². The van der Waals surface area contributed by atoms with E-state index in [2.05, 4.69) is 15.5 Å². The molecule has 4 N–H and O–H groups in total. The number of hydrogen-bond donors (Lipinski definition) is 3. The Balaban J connectivity index is 2.15. The zero-order valence-corrected chi connectivity index (χ0v) is 10.9. The number of H-pyrrole nitrogens is 1. The van der Waals surface area contributed by atoms with Gasteiger partial charge in [-0.1, -0.05) is 0 Å². The second kappa shape index (κ2) is 5.43. The number of aromatic nitrogens is 2. The minimum Gasteiger partial charge on any atom is -0.494 e. The van der Waals surface area contributed by atoms with Crippen LogP contribution in [0, 0.1) is 6.92 Å². The number of rotatable bonds is 4. The summed E-state index contributed by atoms with van der Waals surface area (Å²) >= 11 is 0. The Labute approximate surface area is 111 Å². The molecule has 1 amide bonds. The number of anilines is 2. The molecular formula is C13H16N4O2. The molecule has 2 rings (SSSR count). The number of benzene rings is 1. The average Bonchev–Trinajstić information content (AvgIpc) is 2.79. The van der Waals surface area contributed by atoms with Gasteiger partial charge in [-0.25, -0.2) is 0 Å². The van der Waals surface area contributed by atoms with Crippen LogP contribution in [0.25, 0.3) is 0 Å². The van der Waals surface area contributed by atoms with Gasteiger partial charge in [0.25, 0.3) is 5.91 Å². The van der Waals surface area contributed by atoms with Gasteiger partial charge in [-0.05, 0) is 37.6 Å². The Morgan fingerprint density at radius 3 is 2.89 bits per heavy atom. The predicted octanol–water partition coefficient (Wildman–Crippen LogP) is 1.95. The minimum atomic E-state index is -0.317. The molecule has 2 aromatic rings. The van der Waals surface area contributed by atoms with E-state index in [1.807, 2.05) is 26.0 Å². The van der Waals surface area contributed by atoms with Crippen LogP contribution in [0.1, 0.15) is 23.0 Å². The van der Waals surface area contributed by atoms with Crippen molar-refractivity contribution in [2.75, 3.05) is 17.7 Å². The fraction of sp³-hybridized carbons (Fsp3) is 0.231. The van der Waals surface area contributed by atoms with Crippen LogP contribution in [0.15, 0.2) is 24.4 Å². The minimum absolute atomic E-state index is 0.258. The van der Waals surface area contributed by atoms with Gasteiger partial charge >= 0.3 is 0 Å². The zero-order valence-electron chi connectivity index (χ0n) is 10.9. The highest BCUT2D eigenvalue weighted by Gasteiger charge is 2.13. The number of hydrogen-bond acceptors (Lipinski definition) is 4. The van der Waals surface area contributed by atoms with E-state index in [1.165, 1.54) is 6.20 Å². The molecule has 0 aliphatic carbocycles. The molecule has 1 aromatic heterocycles. The number of nitrogens with one attached hydrogen (secondary N) is 2. The summed E-state index contributed by atoms with van der Waals surface area (Å²) in [6, 6.07) is 5.47. The van der Waals surface area contributed by atoms with E-state index in [9.17, 15) is 4.79 Å². The largest absolute Gasteiger partial charge is 0.494 e. The van der Waals surface area contributed by atoms with Gasteiger partial charge in [-0.2, -0.15) is 5.10 Å². The van der Waals surface area contributed by atoms with E-state index >= 15 is 0 Å². The molecule has 1 heterocycles. The maximum atomic E-state index is 12.0. The lowest BCUT2D eigenvalue weighted by Crippen LogP contribution is -2.15. The Morgan fingerprint density at radius 1 is 1.53 bits per heavy atom. The zero-order chi connectivity index (χ0) is 13.8. The predicted molar refractivity (Wildman–Crippen MR) is 73.3 cm³/mol. The number of aromatic amines is 1. The van der Waals surface area contributed by atoms with Crippen molar-refractivity contribution >= 4 is 17.3 Å². The first-order valence-electron chi connectivity index (χ1n) is 5.95. The molecule has 0 saturated heterocycles. The van der Waals surface area contributed by atoms with Gasteiger partial charge in [0.2, 0.25) is 0 Å². The van der Waals surface area contributed by atoms with E-state index in [1.54, 1.807) is 6.07 Å². The lowest BCUT2D eigenvalue weighted by molar-refractivity contribution is 0.102. The van der Waals surface area contributed by atoms with E-state index in [0.29, 0.717) is 18.0 Å². The Morgan fingerprint density at radius 2 is 2.32 bits per heavy atom. The molecule has 19 heavy (non-hydrogen) atoms. The third kappa shape index (κ3) is 2.85. The van der Waals surface area contributed by atoms with Gasteiger partial charge in [0, 0.05) is 5.69 Å². The van der Waals surface area contributed by atoms with Gasteiger partial charge in [0.05, 0.1) is 18.5 Å².